The molecule has 30 heavy (non-hydrogen) atoms. The van der Waals surface area contributed by atoms with Crippen molar-refractivity contribution in [2.75, 3.05) is 6.16 Å². The molecule has 2 aromatic rings. The van der Waals surface area contributed by atoms with Gasteiger partial charge in [0.1, 0.15) is 11.5 Å². The number of aryl methyl sites for hydroxylation is 2. The molecule has 0 heterocycles. The number of hydrogen-bond donors (Lipinski definition) is 0. The molecule has 166 valence electrons. The van der Waals surface area contributed by atoms with Crippen LogP contribution in [-0.4, -0.2) is 6.16 Å². The lowest BCUT2D eigenvalue weighted by Crippen LogP contribution is -2.08. The van der Waals surface area contributed by atoms with Gasteiger partial charge in [0.05, 0.1) is 6.16 Å². The first-order valence-corrected chi connectivity index (χ1v) is 13.4. The van der Waals surface area contributed by atoms with Crippen LogP contribution >= 0.6 is 7.60 Å². The average molecular weight is 431 g/mol. The Kier molecular flexibility index (Phi) is 9.98. The molecule has 0 aliphatic heterocycles. The van der Waals surface area contributed by atoms with Gasteiger partial charge in [-0.1, -0.05) is 84.6 Å². The Morgan fingerprint density at radius 3 is 1.37 bits per heavy atom. The largest absolute Gasteiger partial charge is 0.430 e. The maximum Gasteiger partial charge on any atom is 0.430 e. The highest BCUT2D eigenvalue weighted by Gasteiger charge is 2.28. The van der Waals surface area contributed by atoms with Crippen molar-refractivity contribution in [3.05, 3.63) is 58.7 Å². The number of rotatable bonds is 13. The molecule has 0 amide bonds. The van der Waals surface area contributed by atoms with Crippen LogP contribution < -0.4 is 9.05 Å². The van der Waals surface area contributed by atoms with E-state index in [1.165, 1.54) is 22.3 Å². The fourth-order valence-corrected chi connectivity index (χ4v) is 5.15. The van der Waals surface area contributed by atoms with Crippen molar-refractivity contribution >= 4 is 7.60 Å². The van der Waals surface area contributed by atoms with Crippen molar-refractivity contribution in [1.82, 2.24) is 0 Å². The van der Waals surface area contributed by atoms with Gasteiger partial charge in [-0.25, -0.2) is 4.57 Å². The van der Waals surface area contributed by atoms with E-state index in [1.54, 1.807) is 0 Å². The molecule has 0 aliphatic carbocycles. The zero-order valence-electron chi connectivity index (χ0n) is 19.5. The van der Waals surface area contributed by atoms with Crippen molar-refractivity contribution in [1.29, 1.82) is 0 Å². The van der Waals surface area contributed by atoms with Crippen LogP contribution in [0.5, 0.6) is 11.5 Å². The Morgan fingerprint density at radius 2 is 1.03 bits per heavy atom. The summed E-state index contributed by atoms with van der Waals surface area (Å²) in [5.41, 5.74) is 4.92. The van der Waals surface area contributed by atoms with Crippen LogP contribution in [0.2, 0.25) is 0 Å². The Hall–Kier alpha value is -1.73. The summed E-state index contributed by atoms with van der Waals surface area (Å²) in [5, 5.41) is 0. The third-order valence-corrected chi connectivity index (χ3v) is 7.09. The van der Waals surface area contributed by atoms with E-state index >= 15 is 0 Å². The van der Waals surface area contributed by atoms with E-state index in [9.17, 15) is 4.57 Å². The molecule has 4 heteroatoms. The van der Waals surface area contributed by atoms with Gasteiger partial charge in [0.2, 0.25) is 0 Å². The van der Waals surface area contributed by atoms with Gasteiger partial charge in [0, 0.05) is 0 Å². The summed E-state index contributed by atoms with van der Waals surface area (Å²) in [7, 11) is -3.32. The first-order chi connectivity index (χ1) is 14.5. The highest BCUT2D eigenvalue weighted by atomic mass is 31.2. The molecule has 2 rings (SSSR count). The van der Waals surface area contributed by atoms with Crippen LogP contribution in [-0.2, 0) is 30.2 Å². The van der Waals surface area contributed by atoms with Crippen molar-refractivity contribution in [3.63, 3.8) is 0 Å². The second-order valence-corrected chi connectivity index (χ2v) is 10.1. The van der Waals surface area contributed by atoms with Gasteiger partial charge >= 0.3 is 7.60 Å². The molecular formula is C26H39O3P. The van der Waals surface area contributed by atoms with Gasteiger partial charge in [-0.3, -0.25) is 0 Å². The number of benzene rings is 2. The topological polar surface area (TPSA) is 35.5 Å². The van der Waals surface area contributed by atoms with Gasteiger partial charge in [-0.15, -0.1) is 0 Å². The van der Waals surface area contributed by atoms with E-state index < -0.39 is 7.60 Å². The molecule has 0 fully saturated rings. The maximum atomic E-state index is 13.7. The SMILES string of the molecule is CCCc1cccc(OP(=O)(CC)Oc2cccc(CCC)c2CCC)c1CCC. The van der Waals surface area contributed by atoms with Crippen LogP contribution in [0.3, 0.4) is 0 Å². The lowest BCUT2D eigenvalue weighted by molar-refractivity contribution is 0.383. The summed E-state index contributed by atoms with van der Waals surface area (Å²) in [6.45, 7) is 10.6. The van der Waals surface area contributed by atoms with Crippen LogP contribution in [0.4, 0.5) is 0 Å². The second kappa shape index (κ2) is 12.2. The Bertz CT molecular complexity index is 779. The van der Waals surface area contributed by atoms with E-state index in [2.05, 4.69) is 39.8 Å². The zero-order valence-corrected chi connectivity index (χ0v) is 20.4. The minimum atomic E-state index is -3.32. The van der Waals surface area contributed by atoms with Crippen molar-refractivity contribution in [3.8, 4) is 11.5 Å². The Balaban J connectivity index is 2.39. The quantitative estimate of drug-likeness (QED) is 0.301. The van der Waals surface area contributed by atoms with E-state index in [-0.39, 0.29) is 0 Å². The molecule has 0 unspecified atom stereocenters. The van der Waals surface area contributed by atoms with Gasteiger partial charge in [0.15, 0.2) is 0 Å². The summed E-state index contributed by atoms with van der Waals surface area (Å²) >= 11 is 0. The third-order valence-electron chi connectivity index (χ3n) is 5.36. The molecule has 0 aliphatic rings. The summed E-state index contributed by atoms with van der Waals surface area (Å²) in [5.74, 6) is 1.43. The summed E-state index contributed by atoms with van der Waals surface area (Å²) in [4.78, 5) is 0. The maximum absolute atomic E-state index is 13.7. The number of hydrogen-bond acceptors (Lipinski definition) is 3. The molecule has 0 saturated heterocycles. The van der Waals surface area contributed by atoms with Gasteiger partial charge in [-0.05, 0) is 60.1 Å². The molecule has 0 spiro atoms. The third kappa shape index (κ3) is 6.38. The first kappa shape index (κ1) is 24.5. The predicted molar refractivity (Wildman–Crippen MR) is 128 cm³/mol. The van der Waals surface area contributed by atoms with E-state index in [1.807, 2.05) is 31.2 Å². The van der Waals surface area contributed by atoms with Gasteiger partial charge < -0.3 is 9.05 Å². The minimum absolute atomic E-state index is 0.333. The average Bonchev–Trinajstić information content (AvgIpc) is 2.73. The van der Waals surface area contributed by atoms with Crippen molar-refractivity contribution < 1.29 is 13.6 Å². The molecule has 0 N–H and O–H groups in total. The monoisotopic (exact) mass is 430 g/mol. The standard InChI is InChI=1S/C26H39O3P/c1-6-13-21-17-11-19-25(23(21)15-8-3)28-30(27,10-5)29-26-20-12-18-22(14-7-2)24(26)16-9-4/h11-12,17-20H,6-10,13-16H2,1-5H3. The van der Waals surface area contributed by atoms with Crippen LogP contribution in [0.15, 0.2) is 36.4 Å². The Morgan fingerprint density at radius 1 is 0.633 bits per heavy atom. The molecule has 2 aromatic carbocycles. The summed E-state index contributed by atoms with van der Waals surface area (Å²) in [6.07, 6.45) is 8.37. The molecule has 3 nitrogen and oxygen atoms in total. The Labute approximate surface area is 183 Å². The lowest BCUT2D eigenvalue weighted by Gasteiger charge is -2.23. The molecule has 0 bridgehead atoms. The van der Waals surface area contributed by atoms with E-state index in [4.69, 9.17) is 9.05 Å². The summed E-state index contributed by atoms with van der Waals surface area (Å²) in [6, 6.07) is 12.2. The lowest BCUT2D eigenvalue weighted by atomic mass is 9.99. The molecule has 0 saturated carbocycles. The van der Waals surface area contributed by atoms with E-state index in [0.717, 1.165) is 62.9 Å². The van der Waals surface area contributed by atoms with Crippen LogP contribution in [0.1, 0.15) is 82.6 Å². The van der Waals surface area contributed by atoms with Crippen molar-refractivity contribution in [2.24, 2.45) is 0 Å². The molecular weight excluding hydrogens is 391 g/mol. The highest BCUT2D eigenvalue weighted by molar-refractivity contribution is 7.54. The van der Waals surface area contributed by atoms with Gasteiger partial charge in [-0.2, -0.15) is 0 Å². The molecule has 0 atom stereocenters. The fraction of sp³-hybridized carbons (Fsp3) is 0.538. The van der Waals surface area contributed by atoms with Gasteiger partial charge in [0.25, 0.3) is 0 Å². The van der Waals surface area contributed by atoms with E-state index in [0.29, 0.717) is 6.16 Å². The van der Waals surface area contributed by atoms with Crippen LogP contribution in [0, 0.1) is 0 Å². The van der Waals surface area contributed by atoms with Crippen molar-refractivity contribution in [2.45, 2.75) is 86.0 Å². The summed E-state index contributed by atoms with van der Waals surface area (Å²) < 4.78 is 26.1. The fourth-order valence-electron chi connectivity index (χ4n) is 3.92. The molecule has 0 radical (unpaired) electrons. The van der Waals surface area contributed by atoms with Crippen LogP contribution in [0.25, 0.3) is 0 Å². The highest BCUT2D eigenvalue weighted by Crippen LogP contribution is 2.50. The first-order valence-electron chi connectivity index (χ1n) is 11.7. The predicted octanol–water partition coefficient (Wildman–Crippen LogP) is 8.17. The second-order valence-electron chi connectivity index (χ2n) is 7.90. The normalized spacial score (nSPS) is 11.5. The smallest absolute Gasteiger partial charge is 0.416 e. The zero-order chi connectivity index (χ0) is 22.0. The minimum Gasteiger partial charge on any atom is -0.416 e. The molecule has 0 aromatic heterocycles.